The second-order valence-electron chi connectivity index (χ2n) is 3.42. The Morgan fingerprint density at radius 3 is 2.75 bits per heavy atom. The Morgan fingerprint density at radius 1 is 1.38 bits per heavy atom. The van der Waals surface area contributed by atoms with Crippen LogP contribution in [0.2, 0.25) is 0 Å². The summed E-state index contributed by atoms with van der Waals surface area (Å²) in [4.78, 5) is 0. The number of aromatic nitrogens is 2. The summed E-state index contributed by atoms with van der Waals surface area (Å²) < 4.78 is 26.3. The van der Waals surface area contributed by atoms with Crippen LogP contribution in [0.15, 0.2) is 30.6 Å². The number of nitrogens with zero attached hydrogens (tertiary/aromatic N) is 1. The second-order valence-corrected chi connectivity index (χ2v) is 3.42. The normalized spacial score (nSPS) is 12.7. The van der Waals surface area contributed by atoms with Crippen molar-refractivity contribution < 1.29 is 8.78 Å². The zero-order chi connectivity index (χ0) is 11.5. The van der Waals surface area contributed by atoms with Crippen LogP contribution in [-0.4, -0.2) is 17.2 Å². The van der Waals surface area contributed by atoms with Crippen LogP contribution in [0.3, 0.4) is 0 Å². The van der Waals surface area contributed by atoms with Crippen molar-refractivity contribution >= 4 is 0 Å². The largest absolute Gasteiger partial charge is 0.309 e. The van der Waals surface area contributed by atoms with Crippen LogP contribution in [-0.2, 0) is 0 Å². The summed E-state index contributed by atoms with van der Waals surface area (Å²) in [6, 6.07) is 3.21. The molecule has 1 atom stereocenters. The molecule has 0 saturated carbocycles. The molecule has 0 fully saturated rings. The first-order valence-corrected chi connectivity index (χ1v) is 4.83. The third-order valence-corrected chi connectivity index (χ3v) is 2.41. The van der Waals surface area contributed by atoms with E-state index in [1.54, 1.807) is 19.4 Å². The number of hydrogen-bond donors (Lipinski definition) is 2. The van der Waals surface area contributed by atoms with E-state index in [0.717, 1.165) is 11.6 Å². The Balaban J connectivity index is 2.41. The van der Waals surface area contributed by atoms with Crippen molar-refractivity contribution in [2.24, 2.45) is 0 Å². The lowest BCUT2D eigenvalue weighted by Crippen LogP contribution is -2.18. The number of benzene rings is 1. The van der Waals surface area contributed by atoms with Crippen LogP contribution in [0.5, 0.6) is 0 Å². The maximum atomic E-state index is 13.6. The van der Waals surface area contributed by atoms with Gasteiger partial charge in [0, 0.05) is 23.4 Å². The summed E-state index contributed by atoms with van der Waals surface area (Å²) >= 11 is 0. The highest BCUT2D eigenvalue weighted by molar-refractivity contribution is 5.30. The molecule has 0 aliphatic rings. The number of H-pyrrole nitrogens is 1. The van der Waals surface area contributed by atoms with Crippen molar-refractivity contribution in [1.29, 1.82) is 0 Å². The molecule has 1 aromatic heterocycles. The molecule has 3 nitrogen and oxygen atoms in total. The van der Waals surface area contributed by atoms with E-state index in [1.807, 2.05) is 0 Å². The lowest BCUT2D eigenvalue weighted by Gasteiger charge is -2.15. The molecule has 0 saturated heterocycles. The van der Waals surface area contributed by atoms with Gasteiger partial charge in [-0.25, -0.2) is 8.78 Å². The first-order valence-electron chi connectivity index (χ1n) is 4.83. The van der Waals surface area contributed by atoms with E-state index >= 15 is 0 Å². The number of hydrogen-bond acceptors (Lipinski definition) is 2. The van der Waals surface area contributed by atoms with Crippen LogP contribution < -0.4 is 5.32 Å². The van der Waals surface area contributed by atoms with E-state index in [1.165, 1.54) is 12.1 Å². The highest BCUT2D eigenvalue weighted by atomic mass is 19.1. The summed E-state index contributed by atoms with van der Waals surface area (Å²) in [6.45, 7) is 0. The first kappa shape index (κ1) is 10.8. The lowest BCUT2D eigenvalue weighted by molar-refractivity contribution is 0.552. The summed E-state index contributed by atoms with van der Waals surface area (Å²) in [5.74, 6) is -1.15. The fourth-order valence-electron chi connectivity index (χ4n) is 1.66. The minimum Gasteiger partial charge on any atom is -0.309 e. The fourth-order valence-corrected chi connectivity index (χ4v) is 1.66. The van der Waals surface area contributed by atoms with Gasteiger partial charge in [0.25, 0.3) is 0 Å². The third-order valence-electron chi connectivity index (χ3n) is 2.41. The minimum absolute atomic E-state index is 0.334. The molecule has 0 aliphatic heterocycles. The second kappa shape index (κ2) is 4.40. The van der Waals surface area contributed by atoms with E-state index in [4.69, 9.17) is 0 Å². The van der Waals surface area contributed by atoms with Gasteiger partial charge in [-0.15, -0.1) is 0 Å². The zero-order valence-corrected chi connectivity index (χ0v) is 8.67. The molecule has 0 aliphatic carbocycles. The van der Waals surface area contributed by atoms with Gasteiger partial charge in [0.2, 0.25) is 0 Å². The SMILES string of the molecule is CNC(c1cn[nH]c1)c1ccc(F)cc1F. The molecule has 5 heteroatoms. The predicted molar refractivity (Wildman–Crippen MR) is 55.8 cm³/mol. The molecule has 0 amide bonds. The van der Waals surface area contributed by atoms with Crippen molar-refractivity contribution in [2.45, 2.75) is 6.04 Å². The molecule has 16 heavy (non-hydrogen) atoms. The molecule has 2 rings (SSSR count). The average Bonchev–Trinajstić information content (AvgIpc) is 2.75. The molecule has 84 valence electrons. The first-order chi connectivity index (χ1) is 7.72. The van der Waals surface area contributed by atoms with Crippen molar-refractivity contribution in [3.8, 4) is 0 Å². The molecule has 2 aromatic rings. The van der Waals surface area contributed by atoms with Crippen LogP contribution in [0.25, 0.3) is 0 Å². The maximum Gasteiger partial charge on any atom is 0.131 e. The molecular formula is C11H11F2N3. The van der Waals surface area contributed by atoms with Crippen molar-refractivity contribution in [1.82, 2.24) is 15.5 Å². The van der Waals surface area contributed by atoms with E-state index in [9.17, 15) is 8.78 Å². The van der Waals surface area contributed by atoms with Crippen LogP contribution >= 0.6 is 0 Å². The van der Waals surface area contributed by atoms with Crippen molar-refractivity contribution in [3.63, 3.8) is 0 Å². The molecule has 2 N–H and O–H groups in total. The Bertz CT molecular complexity index is 468. The molecule has 0 radical (unpaired) electrons. The van der Waals surface area contributed by atoms with Gasteiger partial charge in [0.05, 0.1) is 12.2 Å². The fraction of sp³-hybridized carbons (Fsp3) is 0.182. The summed E-state index contributed by atoms with van der Waals surface area (Å²) in [7, 11) is 1.71. The van der Waals surface area contributed by atoms with Gasteiger partial charge in [-0.1, -0.05) is 6.07 Å². The van der Waals surface area contributed by atoms with Gasteiger partial charge < -0.3 is 5.32 Å². The average molecular weight is 223 g/mol. The Hall–Kier alpha value is -1.75. The van der Waals surface area contributed by atoms with Gasteiger partial charge in [-0.2, -0.15) is 5.10 Å². The summed E-state index contributed by atoms with van der Waals surface area (Å²) in [5.41, 5.74) is 1.19. The smallest absolute Gasteiger partial charge is 0.131 e. The van der Waals surface area contributed by atoms with Gasteiger partial charge in [-0.3, -0.25) is 5.10 Å². The van der Waals surface area contributed by atoms with Gasteiger partial charge >= 0.3 is 0 Å². The van der Waals surface area contributed by atoms with Crippen molar-refractivity contribution in [2.75, 3.05) is 7.05 Å². The highest BCUT2D eigenvalue weighted by Gasteiger charge is 2.17. The monoisotopic (exact) mass is 223 g/mol. The van der Waals surface area contributed by atoms with E-state index in [2.05, 4.69) is 15.5 Å². The zero-order valence-electron chi connectivity index (χ0n) is 8.67. The van der Waals surface area contributed by atoms with Crippen LogP contribution in [0.4, 0.5) is 8.78 Å². The molecule has 0 spiro atoms. The Morgan fingerprint density at radius 2 is 2.19 bits per heavy atom. The number of halogens is 2. The van der Waals surface area contributed by atoms with Crippen LogP contribution in [0, 0.1) is 11.6 Å². The standard InChI is InChI=1S/C11H11F2N3/c1-14-11(7-5-15-16-6-7)9-3-2-8(12)4-10(9)13/h2-6,11,14H,1H3,(H,15,16). The van der Waals surface area contributed by atoms with Crippen molar-refractivity contribution in [3.05, 3.63) is 53.4 Å². The van der Waals surface area contributed by atoms with Crippen LogP contribution in [0.1, 0.15) is 17.2 Å². The van der Waals surface area contributed by atoms with E-state index < -0.39 is 11.6 Å². The molecule has 1 aromatic carbocycles. The number of aromatic amines is 1. The Labute approximate surface area is 91.5 Å². The summed E-state index contributed by atoms with van der Waals surface area (Å²) in [6.07, 6.45) is 3.27. The number of nitrogens with one attached hydrogen (secondary N) is 2. The lowest BCUT2D eigenvalue weighted by atomic mass is 10.0. The Kier molecular flexibility index (Phi) is 2.96. The maximum absolute atomic E-state index is 13.6. The minimum atomic E-state index is -0.580. The topological polar surface area (TPSA) is 40.7 Å². The molecule has 1 unspecified atom stereocenters. The van der Waals surface area contributed by atoms with E-state index in [-0.39, 0.29) is 6.04 Å². The molecular weight excluding hydrogens is 212 g/mol. The quantitative estimate of drug-likeness (QED) is 0.835. The van der Waals surface area contributed by atoms with Gasteiger partial charge in [-0.05, 0) is 13.1 Å². The number of rotatable bonds is 3. The van der Waals surface area contributed by atoms with E-state index in [0.29, 0.717) is 5.56 Å². The third kappa shape index (κ3) is 1.94. The molecule has 0 bridgehead atoms. The predicted octanol–water partition coefficient (Wildman–Crippen LogP) is 2.00. The van der Waals surface area contributed by atoms with Gasteiger partial charge in [0.15, 0.2) is 0 Å². The molecule has 1 heterocycles. The summed E-state index contributed by atoms with van der Waals surface area (Å²) in [5, 5.41) is 9.42. The van der Waals surface area contributed by atoms with Gasteiger partial charge in [0.1, 0.15) is 11.6 Å². The highest BCUT2D eigenvalue weighted by Crippen LogP contribution is 2.23.